The largest absolute Gasteiger partial charge is 2.00 e. The van der Waals surface area contributed by atoms with Gasteiger partial charge >= 0.3 is 113 Å². The van der Waals surface area contributed by atoms with Crippen LogP contribution >= 0.6 is 15.6 Å². The van der Waals surface area contributed by atoms with Crippen LogP contribution < -0.4 is 19.6 Å². The van der Waals surface area contributed by atoms with Gasteiger partial charge in [0.25, 0.3) is 0 Å². The molecule has 0 radical (unpaired) electrons. The van der Waals surface area contributed by atoms with Crippen LogP contribution in [0.15, 0.2) is 0 Å². The van der Waals surface area contributed by atoms with E-state index in [-0.39, 0.29) is 113 Å². The van der Waals surface area contributed by atoms with Gasteiger partial charge in [0, 0.05) is 0 Å². The number of hydrogen-bond acceptors (Lipinski definition) is 6. The molecule has 0 aliphatic rings. The minimum Gasteiger partial charge on any atom is -0.790 e. The quantitative estimate of drug-likeness (QED) is 0.330. The molecule has 0 rings (SSSR count). The Bertz CT molecular complexity index is 130. The van der Waals surface area contributed by atoms with Gasteiger partial charge in [-0.25, -0.2) is 0 Å². The molecule has 0 saturated carbocycles. The molecule has 0 heterocycles. The number of phosphoric acid groups is 2. The van der Waals surface area contributed by atoms with Crippen LogP contribution in [0.2, 0.25) is 0 Å². The van der Waals surface area contributed by atoms with Crippen molar-refractivity contribution in [1.82, 2.24) is 0 Å². The Hall–Kier alpha value is 4.00. The van der Waals surface area contributed by atoms with E-state index in [9.17, 15) is 0 Å². The average Bonchev–Trinajstić information content (AvgIpc) is 1.12. The average molecular weight is 312 g/mol. The van der Waals surface area contributed by atoms with Crippen LogP contribution in [0.25, 0.3) is 0 Å². The molecule has 0 aromatic rings. The van der Waals surface area contributed by atoms with Gasteiger partial charge in [0.05, 0.1) is 15.6 Å². The third-order valence-corrected chi connectivity index (χ3v) is 0. The smallest absolute Gasteiger partial charge is 0.790 e. The van der Waals surface area contributed by atoms with Crippen LogP contribution in [-0.2, 0) is 9.13 Å². The molecular weight excluding hydrogens is 310 g/mol. The van der Waals surface area contributed by atoms with Gasteiger partial charge in [-0.2, -0.15) is 0 Å². The predicted molar refractivity (Wildman–Crippen MR) is 36.9 cm³/mol. The summed E-state index contributed by atoms with van der Waals surface area (Å²) in [5, 5.41) is 0. The summed E-state index contributed by atoms with van der Waals surface area (Å²) in [5.41, 5.74) is 0. The molecule has 0 spiro atoms. The van der Waals surface area contributed by atoms with Crippen molar-refractivity contribution in [3.05, 3.63) is 0 Å². The van der Waals surface area contributed by atoms with E-state index in [1.165, 1.54) is 0 Å². The maximum atomic E-state index is 8.66. The number of rotatable bonds is 0. The van der Waals surface area contributed by atoms with Crippen molar-refractivity contribution in [2.24, 2.45) is 0 Å². The van der Waals surface area contributed by atoms with Gasteiger partial charge in [0.1, 0.15) is 0 Å². The Balaban J connectivity index is -0.0000000267. The zero-order chi connectivity index (χ0) is 9.00. The molecule has 0 aliphatic heterocycles. The molecule has 0 aliphatic carbocycles. The van der Waals surface area contributed by atoms with E-state index in [4.69, 9.17) is 38.5 Å². The van der Waals surface area contributed by atoms with Gasteiger partial charge in [0.15, 0.2) is 0 Å². The summed E-state index contributed by atoms with van der Waals surface area (Å²) in [6.45, 7) is 0. The van der Waals surface area contributed by atoms with Gasteiger partial charge in [-0.3, -0.25) is 0 Å². The van der Waals surface area contributed by atoms with Crippen LogP contribution in [0.5, 0.6) is 0 Å². The van der Waals surface area contributed by atoms with Crippen molar-refractivity contribution >= 4 is 129 Å². The minimum absolute atomic E-state index is 0. The fourth-order valence-electron chi connectivity index (χ4n) is 0. The Morgan fingerprint density at radius 1 is 0.692 bits per heavy atom. The van der Waals surface area contributed by atoms with Crippen LogP contribution in [0, 0.1) is 0 Å². The van der Waals surface area contributed by atoms with Gasteiger partial charge < -0.3 is 38.5 Å². The molecule has 64 valence electrons. The van der Waals surface area contributed by atoms with Crippen molar-refractivity contribution in [2.75, 3.05) is 0 Å². The van der Waals surface area contributed by atoms with E-state index in [0.717, 1.165) is 0 Å². The number of hydrogen-bond donors (Lipinski definition) is 2. The van der Waals surface area contributed by atoms with Gasteiger partial charge in [-0.15, -0.1) is 0 Å². The molecule has 0 saturated heterocycles. The molecule has 2 N–H and O–H groups in total. The third-order valence-electron chi connectivity index (χ3n) is 0. The molecule has 0 fully saturated rings. The Labute approximate surface area is 164 Å². The normalized spacial score (nSPS) is 9.08. The summed E-state index contributed by atoms with van der Waals surface area (Å²) < 4.78 is 17.3. The van der Waals surface area contributed by atoms with Crippen molar-refractivity contribution in [2.45, 2.75) is 0 Å². The van der Waals surface area contributed by atoms with E-state index in [1.807, 2.05) is 0 Å². The molecule has 0 bridgehead atoms. The topological polar surface area (TPSA) is 167 Å². The third kappa shape index (κ3) is 196. The van der Waals surface area contributed by atoms with Crippen LogP contribution in [-0.4, -0.2) is 123 Å². The molecule has 13 heavy (non-hydrogen) atoms. The fraction of sp³-hybridized carbons (Fsp3) is 0. The Morgan fingerprint density at radius 3 is 0.692 bits per heavy atom. The van der Waals surface area contributed by atoms with E-state index < -0.39 is 15.6 Å². The first kappa shape index (κ1) is 30.2. The molecule has 13 heteroatoms. The van der Waals surface area contributed by atoms with Crippen molar-refractivity contribution in [1.29, 1.82) is 0 Å². The standard InChI is InChI=1S/3Ca.2H3O4P/c;;;2*1-5(2,3)4/h;;;2*(H3,1,2,3,4)/q3*+2;;/p-4. The maximum absolute atomic E-state index is 8.66. The summed E-state index contributed by atoms with van der Waals surface area (Å²) in [5.74, 6) is 0. The van der Waals surface area contributed by atoms with E-state index >= 15 is 0 Å². The molecule has 0 atom stereocenters. The van der Waals surface area contributed by atoms with Crippen LogP contribution in [0.1, 0.15) is 0 Å². The summed E-state index contributed by atoms with van der Waals surface area (Å²) >= 11 is 0. The summed E-state index contributed by atoms with van der Waals surface area (Å²) in [7, 11) is -10.3. The molecular formula is H2Ca3O8P2+2. The van der Waals surface area contributed by atoms with Gasteiger partial charge in [0.2, 0.25) is 0 Å². The molecule has 8 nitrogen and oxygen atoms in total. The van der Waals surface area contributed by atoms with E-state index in [0.29, 0.717) is 0 Å². The fourth-order valence-corrected chi connectivity index (χ4v) is 0. The van der Waals surface area contributed by atoms with Crippen molar-refractivity contribution in [3.63, 3.8) is 0 Å². The Kier molecular flexibility index (Phi) is 32.7. The summed E-state index contributed by atoms with van der Waals surface area (Å²) in [6, 6.07) is 0. The van der Waals surface area contributed by atoms with E-state index in [2.05, 4.69) is 0 Å². The van der Waals surface area contributed by atoms with Crippen molar-refractivity contribution < 1.29 is 38.5 Å². The first-order chi connectivity index (χ1) is 4.00. The van der Waals surface area contributed by atoms with Gasteiger partial charge in [-0.05, 0) is 0 Å². The molecule has 0 aromatic heterocycles. The maximum Gasteiger partial charge on any atom is 2.00 e. The van der Waals surface area contributed by atoms with Crippen LogP contribution in [0.4, 0.5) is 0 Å². The second-order valence-corrected chi connectivity index (χ2v) is 2.81. The zero-order valence-corrected chi connectivity index (χ0v) is 14.8. The van der Waals surface area contributed by atoms with Crippen molar-refractivity contribution in [3.8, 4) is 0 Å². The van der Waals surface area contributed by atoms with Crippen LogP contribution in [0.3, 0.4) is 0 Å². The molecule has 0 amide bonds. The SMILES string of the molecule is O=P([O-])([O-])O.O=P([O-])([O-])O.[Ca+2].[Ca+2].[Ca+2]. The zero-order valence-electron chi connectivity index (χ0n) is 6.36. The second kappa shape index (κ2) is 14.1. The monoisotopic (exact) mass is 312 g/mol. The van der Waals surface area contributed by atoms with Gasteiger partial charge in [-0.1, -0.05) is 0 Å². The minimum atomic E-state index is -5.14. The Morgan fingerprint density at radius 2 is 0.692 bits per heavy atom. The molecule has 0 unspecified atom stereocenters. The first-order valence-electron chi connectivity index (χ1n) is 1.50. The second-order valence-electron chi connectivity index (χ2n) is 0.937. The molecule has 0 aromatic carbocycles. The summed E-state index contributed by atoms with van der Waals surface area (Å²) in [6.07, 6.45) is 0. The summed E-state index contributed by atoms with van der Waals surface area (Å²) in [4.78, 5) is 48.6. The predicted octanol–water partition coefficient (Wildman–Crippen LogP) is -5.53. The van der Waals surface area contributed by atoms with E-state index in [1.54, 1.807) is 0 Å². The first-order valence-corrected chi connectivity index (χ1v) is 4.49.